The maximum absolute atomic E-state index is 8.61. The van der Waals surface area contributed by atoms with Crippen molar-refractivity contribution in [3.8, 4) is 6.07 Å². The third-order valence-electron chi connectivity index (χ3n) is 3.28. The van der Waals surface area contributed by atoms with Crippen LogP contribution in [0.1, 0.15) is 44.7 Å². The second-order valence-corrected chi connectivity index (χ2v) is 5.60. The molecule has 0 spiro atoms. The van der Waals surface area contributed by atoms with Crippen molar-refractivity contribution >= 4 is 0 Å². The lowest BCUT2D eigenvalue weighted by molar-refractivity contribution is 0.317. The molecule has 0 fully saturated rings. The van der Waals surface area contributed by atoms with E-state index in [-0.39, 0.29) is 5.41 Å². The Morgan fingerprint density at radius 3 is 2.33 bits per heavy atom. The van der Waals surface area contributed by atoms with Crippen molar-refractivity contribution in [2.45, 2.75) is 46.6 Å². The number of hydrogen-bond donors (Lipinski definition) is 1. The number of aryl methyl sites for hydroxylation is 1. The molecular weight excluding hydrogens is 220 g/mol. The van der Waals surface area contributed by atoms with Gasteiger partial charge < -0.3 is 5.32 Å². The Hall–Kier alpha value is -1.33. The molecule has 0 atom stereocenters. The summed E-state index contributed by atoms with van der Waals surface area (Å²) < 4.78 is 0. The predicted octanol–water partition coefficient (Wildman–Crippen LogP) is 3.67. The molecule has 1 rings (SSSR count). The minimum Gasteiger partial charge on any atom is -0.312 e. The van der Waals surface area contributed by atoms with Gasteiger partial charge in [0.05, 0.1) is 6.07 Å². The summed E-state index contributed by atoms with van der Waals surface area (Å²) in [4.78, 5) is 0. The highest BCUT2D eigenvalue weighted by Gasteiger charge is 2.16. The van der Waals surface area contributed by atoms with Crippen molar-refractivity contribution in [2.24, 2.45) is 5.41 Å². The second kappa shape index (κ2) is 7.18. The number of nitrogens with one attached hydrogen (secondary N) is 1. The van der Waals surface area contributed by atoms with E-state index in [1.54, 1.807) is 0 Å². The molecule has 0 heterocycles. The van der Waals surface area contributed by atoms with Gasteiger partial charge >= 0.3 is 0 Å². The molecule has 0 aliphatic rings. The summed E-state index contributed by atoms with van der Waals surface area (Å²) in [6.07, 6.45) is 2.68. The average Bonchev–Trinajstić information content (AvgIpc) is 2.37. The largest absolute Gasteiger partial charge is 0.312 e. The quantitative estimate of drug-likeness (QED) is 0.794. The molecule has 0 bridgehead atoms. The van der Waals surface area contributed by atoms with E-state index in [1.807, 2.05) is 0 Å². The first-order valence-corrected chi connectivity index (χ1v) is 6.73. The van der Waals surface area contributed by atoms with Gasteiger partial charge in [0.15, 0.2) is 0 Å². The summed E-state index contributed by atoms with van der Waals surface area (Å²) in [6, 6.07) is 11.0. The number of benzene rings is 1. The van der Waals surface area contributed by atoms with Crippen LogP contribution in [0.15, 0.2) is 24.3 Å². The summed E-state index contributed by atoms with van der Waals surface area (Å²) in [7, 11) is 0. The van der Waals surface area contributed by atoms with Crippen molar-refractivity contribution in [2.75, 3.05) is 6.54 Å². The summed E-state index contributed by atoms with van der Waals surface area (Å²) in [6.45, 7) is 8.43. The number of nitrogens with zero attached hydrogens (tertiary/aromatic N) is 1. The third kappa shape index (κ3) is 5.33. The summed E-state index contributed by atoms with van der Waals surface area (Å²) in [5, 5.41) is 12.1. The molecule has 0 unspecified atom stereocenters. The van der Waals surface area contributed by atoms with E-state index in [0.29, 0.717) is 6.42 Å². The fourth-order valence-electron chi connectivity index (χ4n) is 1.92. The highest BCUT2D eigenvalue weighted by atomic mass is 14.9. The van der Waals surface area contributed by atoms with Crippen LogP contribution < -0.4 is 5.32 Å². The normalized spacial score (nSPS) is 11.2. The molecule has 0 radical (unpaired) electrons. The monoisotopic (exact) mass is 244 g/mol. The van der Waals surface area contributed by atoms with Crippen molar-refractivity contribution in [3.63, 3.8) is 0 Å². The van der Waals surface area contributed by atoms with E-state index in [0.717, 1.165) is 25.9 Å². The SMILES string of the molecule is CCc1ccc(CNCC(C)(C)CCC#N)cc1. The molecule has 1 aromatic carbocycles. The van der Waals surface area contributed by atoms with Crippen molar-refractivity contribution in [1.82, 2.24) is 5.32 Å². The fraction of sp³-hybridized carbons (Fsp3) is 0.562. The number of rotatable bonds is 7. The summed E-state index contributed by atoms with van der Waals surface area (Å²) >= 11 is 0. The standard InChI is InChI=1S/C16H24N2/c1-4-14-6-8-15(9-7-14)12-18-13-16(2,3)10-5-11-17/h6-9,18H,4-5,10,12-13H2,1-3H3. The van der Waals surface area contributed by atoms with E-state index >= 15 is 0 Å². The fourth-order valence-corrected chi connectivity index (χ4v) is 1.92. The van der Waals surface area contributed by atoms with Crippen molar-refractivity contribution in [3.05, 3.63) is 35.4 Å². The van der Waals surface area contributed by atoms with E-state index in [1.165, 1.54) is 11.1 Å². The van der Waals surface area contributed by atoms with Crippen LogP contribution in [0.25, 0.3) is 0 Å². The second-order valence-electron chi connectivity index (χ2n) is 5.60. The van der Waals surface area contributed by atoms with E-state index in [4.69, 9.17) is 5.26 Å². The Morgan fingerprint density at radius 2 is 1.78 bits per heavy atom. The van der Waals surface area contributed by atoms with Crippen molar-refractivity contribution < 1.29 is 0 Å². The molecule has 0 saturated carbocycles. The molecule has 0 aliphatic carbocycles. The number of nitriles is 1. The van der Waals surface area contributed by atoms with Gasteiger partial charge in [0, 0.05) is 19.5 Å². The molecule has 98 valence electrons. The molecule has 2 heteroatoms. The Kier molecular flexibility index (Phi) is 5.88. The zero-order chi connectivity index (χ0) is 13.4. The van der Waals surface area contributed by atoms with Crippen LogP contribution in [0.4, 0.5) is 0 Å². The Bertz CT molecular complexity index is 385. The van der Waals surface area contributed by atoms with Crippen LogP contribution in [-0.4, -0.2) is 6.54 Å². The maximum Gasteiger partial charge on any atom is 0.0621 e. The molecule has 1 N–H and O–H groups in total. The zero-order valence-corrected chi connectivity index (χ0v) is 11.8. The van der Waals surface area contributed by atoms with Gasteiger partial charge in [-0.1, -0.05) is 45.0 Å². The van der Waals surface area contributed by atoms with Gasteiger partial charge in [0.1, 0.15) is 0 Å². The molecule has 0 saturated heterocycles. The van der Waals surface area contributed by atoms with Gasteiger partial charge in [-0.2, -0.15) is 5.26 Å². The Labute approximate surface area is 111 Å². The zero-order valence-electron chi connectivity index (χ0n) is 11.8. The molecular formula is C16H24N2. The molecule has 0 aromatic heterocycles. The smallest absolute Gasteiger partial charge is 0.0621 e. The van der Waals surface area contributed by atoms with Gasteiger partial charge in [-0.25, -0.2) is 0 Å². The lowest BCUT2D eigenvalue weighted by atomic mass is 9.88. The molecule has 0 amide bonds. The first-order valence-electron chi connectivity index (χ1n) is 6.73. The summed E-state index contributed by atoms with van der Waals surface area (Å²) in [5.41, 5.74) is 2.90. The Morgan fingerprint density at radius 1 is 1.17 bits per heavy atom. The minimum absolute atomic E-state index is 0.194. The lowest BCUT2D eigenvalue weighted by Gasteiger charge is -2.23. The van der Waals surface area contributed by atoms with Crippen LogP contribution in [-0.2, 0) is 13.0 Å². The maximum atomic E-state index is 8.61. The van der Waals surface area contributed by atoms with Gasteiger partial charge in [-0.15, -0.1) is 0 Å². The Balaban J connectivity index is 2.34. The topological polar surface area (TPSA) is 35.8 Å². The van der Waals surface area contributed by atoms with Gasteiger partial charge in [0.2, 0.25) is 0 Å². The highest BCUT2D eigenvalue weighted by molar-refractivity contribution is 5.22. The van der Waals surface area contributed by atoms with E-state index in [9.17, 15) is 0 Å². The average molecular weight is 244 g/mol. The first-order chi connectivity index (χ1) is 8.57. The van der Waals surface area contributed by atoms with E-state index < -0.39 is 0 Å². The van der Waals surface area contributed by atoms with E-state index in [2.05, 4.69) is 56.4 Å². The molecule has 0 aliphatic heterocycles. The minimum atomic E-state index is 0.194. The summed E-state index contributed by atoms with van der Waals surface area (Å²) in [5.74, 6) is 0. The first kappa shape index (κ1) is 14.7. The van der Waals surface area contributed by atoms with Crippen LogP contribution in [0.2, 0.25) is 0 Å². The lowest BCUT2D eigenvalue weighted by Crippen LogP contribution is -2.29. The van der Waals surface area contributed by atoms with Crippen LogP contribution in [0, 0.1) is 16.7 Å². The molecule has 18 heavy (non-hydrogen) atoms. The van der Waals surface area contributed by atoms with Gasteiger partial charge in [-0.3, -0.25) is 0 Å². The van der Waals surface area contributed by atoms with Crippen LogP contribution >= 0.6 is 0 Å². The van der Waals surface area contributed by atoms with Crippen molar-refractivity contribution in [1.29, 1.82) is 5.26 Å². The van der Waals surface area contributed by atoms with Gasteiger partial charge in [0.25, 0.3) is 0 Å². The predicted molar refractivity (Wildman–Crippen MR) is 76.2 cm³/mol. The third-order valence-corrected chi connectivity index (χ3v) is 3.28. The highest BCUT2D eigenvalue weighted by Crippen LogP contribution is 2.20. The number of hydrogen-bond acceptors (Lipinski definition) is 2. The molecule has 1 aromatic rings. The molecule has 2 nitrogen and oxygen atoms in total. The van der Waals surface area contributed by atoms with Crippen LogP contribution in [0.5, 0.6) is 0 Å². The van der Waals surface area contributed by atoms with Crippen LogP contribution in [0.3, 0.4) is 0 Å². The van der Waals surface area contributed by atoms with Gasteiger partial charge in [-0.05, 0) is 29.4 Å².